The molecule has 0 amide bonds. The Kier molecular flexibility index (Phi) is 25.9. The molecule has 0 aliphatic carbocycles. The summed E-state index contributed by atoms with van der Waals surface area (Å²) in [7, 11) is 0. The third-order valence-electron chi connectivity index (χ3n) is 9.25. The Bertz CT molecular complexity index is 1020. The molecule has 0 unspecified atom stereocenters. The number of nitrogens with one attached hydrogen (secondary N) is 1. The summed E-state index contributed by atoms with van der Waals surface area (Å²) in [6.07, 6.45) is 24.1. The molecule has 0 bridgehead atoms. The van der Waals surface area contributed by atoms with Crippen molar-refractivity contribution in [3.63, 3.8) is 0 Å². The minimum absolute atomic E-state index is 0.414. The maximum absolute atomic E-state index is 5.99. The molecular formula is C40H71N5O5. The molecule has 2 heterocycles. The standard InChI is InChI=1S/C40H71N5O5/c1-2-3-4-5-6-7-8-9-10-11-12-13-14-15-16-17-27-50-40-20-18-38(19-21-40)35-45-36-39(42-43-45)37-49-34-33-48-32-31-47-30-29-46-28-26-44-24-22-41-23-25-44/h18-21,36,41H,2-17,22-35,37H2,1H3. The molecule has 1 fully saturated rings. The summed E-state index contributed by atoms with van der Waals surface area (Å²) < 4.78 is 30.4. The van der Waals surface area contributed by atoms with Crippen LogP contribution in [0, 0.1) is 0 Å². The molecule has 1 aromatic carbocycles. The first-order chi connectivity index (χ1) is 24.8. The zero-order chi connectivity index (χ0) is 35.0. The highest BCUT2D eigenvalue weighted by Gasteiger charge is 2.08. The van der Waals surface area contributed by atoms with Gasteiger partial charge in [0.25, 0.3) is 0 Å². The Morgan fingerprint density at radius 1 is 0.600 bits per heavy atom. The second kappa shape index (κ2) is 30.5. The van der Waals surface area contributed by atoms with E-state index in [1.807, 2.05) is 10.9 Å². The number of rotatable bonds is 34. The van der Waals surface area contributed by atoms with Crippen molar-refractivity contribution < 1.29 is 23.7 Å². The van der Waals surface area contributed by atoms with E-state index in [-0.39, 0.29) is 0 Å². The Morgan fingerprint density at radius 2 is 1.12 bits per heavy atom. The number of ether oxygens (including phenoxy) is 5. The molecule has 1 N–H and O–H groups in total. The lowest BCUT2D eigenvalue weighted by atomic mass is 10.0. The van der Waals surface area contributed by atoms with Crippen LogP contribution in [-0.4, -0.2) is 105 Å². The fourth-order valence-electron chi connectivity index (χ4n) is 6.17. The van der Waals surface area contributed by atoms with Crippen molar-refractivity contribution in [2.45, 2.75) is 123 Å². The highest BCUT2D eigenvalue weighted by molar-refractivity contribution is 5.27. The van der Waals surface area contributed by atoms with Crippen molar-refractivity contribution >= 4 is 0 Å². The van der Waals surface area contributed by atoms with Crippen LogP contribution in [0.5, 0.6) is 5.75 Å². The van der Waals surface area contributed by atoms with Gasteiger partial charge in [0, 0.05) is 32.7 Å². The van der Waals surface area contributed by atoms with Gasteiger partial charge in [-0.3, -0.25) is 4.90 Å². The fourth-order valence-corrected chi connectivity index (χ4v) is 6.17. The summed E-state index contributed by atoms with van der Waals surface area (Å²) in [4.78, 5) is 2.42. The van der Waals surface area contributed by atoms with E-state index in [1.165, 1.54) is 96.3 Å². The average molecular weight is 702 g/mol. The van der Waals surface area contributed by atoms with Gasteiger partial charge in [-0.05, 0) is 24.1 Å². The SMILES string of the molecule is CCCCCCCCCCCCCCCCCCOc1ccc(Cn2cc(COCCOCCOCCOCCN3CCNCC3)nn2)cc1. The quantitative estimate of drug-likeness (QED) is 0.0748. The van der Waals surface area contributed by atoms with E-state index in [1.54, 1.807) is 0 Å². The monoisotopic (exact) mass is 702 g/mol. The molecule has 10 nitrogen and oxygen atoms in total. The molecule has 1 aromatic heterocycles. The van der Waals surface area contributed by atoms with Gasteiger partial charge in [0.15, 0.2) is 0 Å². The van der Waals surface area contributed by atoms with Gasteiger partial charge in [-0.15, -0.1) is 5.10 Å². The average Bonchev–Trinajstić information content (AvgIpc) is 3.59. The first kappa shape index (κ1) is 42.3. The van der Waals surface area contributed by atoms with Crippen LogP contribution in [0.25, 0.3) is 0 Å². The lowest BCUT2D eigenvalue weighted by Crippen LogP contribution is -2.44. The molecule has 0 atom stereocenters. The maximum Gasteiger partial charge on any atom is 0.119 e. The number of hydrogen-bond donors (Lipinski definition) is 1. The van der Waals surface area contributed by atoms with Crippen molar-refractivity contribution in [1.29, 1.82) is 0 Å². The molecule has 1 aliphatic heterocycles. The number of unbranched alkanes of at least 4 members (excludes halogenated alkanes) is 15. The van der Waals surface area contributed by atoms with Gasteiger partial charge >= 0.3 is 0 Å². The molecule has 0 saturated carbocycles. The molecule has 3 rings (SSSR count). The highest BCUT2D eigenvalue weighted by Crippen LogP contribution is 2.16. The number of hydrogen-bond acceptors (Lipinski definition) is 9. The van der Waals surface area contributed by atoms with Crippen LogP contribution < -0.4 is 10.1 Å². The van der Waals surface area contributed by atoms with Gasteiger partial charge in [-0.2, -0.15) is 0 Å². The molecule has 286 valence electrons. The highest BCUT2D eigenvalue weighted by atomic mass is 16.6. The minimum atomic E-state index is 0.414. The van der Waals surface area contributed by atoms with Crippen molar-refractivity contribution in [2.75, 3.05) is 85.6 Å². The second-order valence-corrected chi connectivity index (χ2v) is 13.7. The Hall–Kier alpha value is -2.08. The summed E-state index contributed by atoms with van der Waals surface area (Å²) in [5.41, 5.74) is 1.97. The van der Waals surface area contributed by atoms with Crippen LogP contribution in [0.4, 0.5) is 0 Å². The van der Waals surface area contributed by atoms with Crippen molar-refractivity contribution in [3.8, 4) is 5.75 Å². The van der Waals surface area contributed by atoms with Crippen LogP contribution in [0.1, 0.15) is 121 Å². The maximum atomic E-state index is 5.99. The van der Waals surface area contributed by atoms with Crippen LogP contribution in [0.2, 0.25) is 0 Å². The van der Waals surface area contributed by atoms with Crippen molar-refractivity contribution in [1.82, 2.24) is 25.2 Å². The summed E-state index contributed by atoms with van der Waals surface area (Å²) in [6.45, 7) is 13.6. The Labute approximate surface area is 304 Å². The van der Waals surface area contributed by atoms with Gasteiger partial charge in [-0.1, -0.05) is 121 Å². The second-order valence-electron chi connectivity index (χ2n) is 13.7. The largest absolute Gasteiger partial charge is 0.494 e. The Balaban J connectivity index is 1.06. The third kappa shape index (κ3) is 22.7. The predicted molar refractivity (Wildman–Crippen MR) is 202 cm³/mol. The van der Waals surface area contributed by atoms with E-state index in [0.717, 1.165) is 69.4 Å². The summed E-state index contributed by atoms with van der Waals surface area (Å²) in [5, 5.41) is 11.9. The zero-order valence-electron chi connectivity index (χ0n) is 31.6. The van der Waals surface area contributed by atoms with Crippen LogP contribution in [0.15, 0.2) is 30.5 Å². The molecule has 1 aliphatic rings. The van der Waals surface area contributed by atoms with E-state index in [0.29, 0.717) is 52.8 Å². The molecule has 1 saturated heterocycles. The number of nitrogens with zero attached hydrogens (tertiary/aromatic N) is 4. The molecule has 0 radical (unpaired) electrons. The first-order valence-electron chi connectivity index (χ1n) is 20.2. The normalized spacial score (nSPS) is 13.7. The van der Waals surface area contributed by atoms with Gasteiger partial charge in [0.1, 0.15) is 11.4 Å². The molecule has 0 spiro atoms. The van der Waals surface area contributed by atoms with Gasteiger partial charge in [0.05, 0.1) is 72.2 Å². The number of aromatic nitrogens is 3. The van der Waals surface area contributed by atoms with Crippen molar-refractivity contribution in [3.05, 3.63) is 41.7 Å². The summed E-state index contributed by atoms with van der Waals surface area (Å²) in [6, 6.07) is 8.31. The Morgan fingerprint density at radius 3 is 1.70 bits per heavy atom. The van der Waals surface area contributed by atoms with E-state index in [4.69, 9.17) is 23.7 Å². The topological polar surface area (TPSA) is 92.1 Å². The summed E-state index contributed by atoms with van der Waals surface area (Å²) >= 11 is 0. The van der Waals surface area contributed by atoms with Gasteiger partial charge in [-0.25, -0.2) is 4.68 Å². The smallest absolute Gasteiger partial charge is 0.119 e. The number of piperazine rings is 1. The van der Waals surface area contributed by atoms with Crippen LogP contribution >= 0.6 is 0 Å². The zero-order valence-corrected chi connectivity index (χ0v) is 31.6. The fraction of sp³-hybridized carbons (Fsp3) is 0.800. The van der Waals surface area contributed by atoms with Gasteiger partial charge < -0.3 is 29.0 Å². The van der Waals surface area contributed by atoms with Gasteiger partial charge in [0.2, 0.25) is 0 Å². The lowest BCUT2D eigenvalue weighted by molar-refractivity contribution is -0.00646. The van der Waals surface area contributed by atoms with Crippen LogP contribution in [0.3, 0.4) is 0 Å². The third-order valence-corrected chi connectivity index (χ3v) is 9.25. The molecular weight excluding hydrogens is 630 g/mol. The van der Waals surface area contributed by atoms with Crippen LogP contribution in [-0.2, 0) is 32.1 Å². The molecule has 10 heteroatoms. The van der Waals surface area contributed by atoms with E-state index >= 15 is 0 Å². The lowest BCUT2D eigenvalue weighted by Gasteiger charge is -2.26. The molecule has 50 heavy (non-hydrogen) atoms. The van der Waals surface area contributed by atoms with Crippen molar-refractivity contribution in [2.24, 2.45) is 0 Å². The molecule has 2 aromatic rings. The van der Waals surface area contributed by atoms with E-state index in [2.05, 4.69) is 51.7 Å². The predicted octanol–water partition coefficient (Wildman–Crippen LogP) is 7.44. The first-order valence-corrected chi connectivity index (χ1v) is 20.2. The summed E-state index contributed by atoms with van der Waals surface area (Å²) in [5.74, 6) is 0.932. The number of benzene rings is 1. The van der Waals surface area contributed by atoms with E-state index < -0.39 is 0 Å². The van der Waals surface area contributed by atoms with E-state index in [9.17, 15) is 0 Å². The minimum Gasteiger partial charge on any atom is -0.494 e.